The lowest BCUT2D eigenvalue weighted by atomic mass is 10.9. The molecule has 0 saturated carbocycles. The van der Waals surface area contributed by atoms with E-state index < -0.39 is 28.9 Å². The normalized spacial score (nSPS) is 14.6. The van der Waals surface area contributed by atoms with Crippen molar-refractivity contribution in [3.05, 3.63) is 0 Å². The molecule has 2 unspecified atom stereocenters. The molecule has 0 saturated heterocycles. The third kappa shape index (κ3) is 13.0. The minimum atomic E-state index is -2.94. The highest BCUT2D eigenvalue weighted by Crippen LogP contribution is 2.34. The Hall–Kier alpha value is 0.734. The van der Waals surface area contributed by atoms with Crippen LogP contribution in [0.4, 0.5) is 0 Å². The highest BCUT2D eigenvalue weighted by atomic mass is 33.1. The summed E-state index contributed by atoms with van der Waals surface area (Å²) in [6.45, 7) is 14.2. The highest BCUT2D eigenvalue weighted by Gasteiger charge is 2.43. The number of rotatable bonds is 23. The average Bonchev–Trinajstić information content (AvgIpc) is 2.77. The molecular weight excluding hydrogens is 496 g/mol. The maximum atomic E-state index is 5.90. The molecule has 0 N–H and O–H groups in total. The molecule has 10 nitrogen and oxygen atoms in total. The molecular formula is C18H42O10S2Si2. The van der Waals surface area contributed by atoms with Gasteiger partial charge in [0.25, 0.3) is 0 Å². The molecule has 0 aromatic carbocycles. The van der Waals surface area contributed by atoms with Crippen LogP contribution in [0, 0.1) is 0 Å². The predicted octanol–water partition coefficient (Wildman–Crippen LogP) is 3.44. The van der Waals surface area contributed by atoms with Gasteiger partial charge in [0.1, 0.15) is 12.5 Å². The minimum absolute atomic E-state index is 0.169. The fourth-order valence-electron chi connectivity index (χ4n) is 2.52. The molecule has 0 fully saturated rings. The molecule has 32 heavy (non-hydrogen) atoms. The van der Waals surface area contributed by atoms with Gasteiger partial charge in [-0.15, -0.1) is 0 Å². The van der Waals surface area contributed by atoms with Crippen molar-refractivity contribution in [1.29, 1.82) is 0 Å². The van der Waals surface area contributed by atoms with Crippen molar-refractivity contribution in [3.8, 4) is 0 Å². The van der Waals surface area contributed by atoms with E-state index in [0.29, 0.717) is 39.6 Å². The topological polar surface area (TPSA) is 92.3 Å². The van der Waals surface area contributed by atoms with Crippen molar-refractivity contribution >= 4 is 39.2 Å². The molecule has 0 amide bonds. The minimum Gasteiger partial charge on any atom is -0.372 e. The zero-order valence-electron chi connectivity index (χ0n) is 20.7. The van der Waals surface area contributed by atoms with Gasteiger partial charge in [0, 0.05) is 53.9 Å². The van der Waals surface area contributed by atoms with Crippen LogP contribution in [-0.2, 0) is 45.5 Å². The third-order valence-corrected chi connectivity index (χ3v) is 11.3. The van der Waals surface area contributed by atoms with E-state index in [2.05, 4.69) is 0 Å². The van der Waals surface area contributed by atoms with Crippen LogP contribution >= 0.6 is 21.6 Å². The summed E-state index contributed by atoms with van der Waals surface area (Å²) in [6, 6.07) is 0. The first-order valence-electron chi connectivity index (χ1n) is 10.9. The molecule has 0 aromatic rings. The molecule has 0 spiro atoms. The van der Waals surface area contributed by atoms with Crippen molar-refractivity contribution in [2.75, 3.05) is 66.3 Å². The molecule has 0 aliphatic heterocycles. The van der Waals surface area contributed by atoms with Gasteiger partial charge in [-0.1, -0.05) is 0 Å². The zero-order valence-corrected chi connectivity index (χ0v) is 24.3. The molecule has 0 bridgehead atoms. The van der Waals surface area contributed by atoms with Crippen LogP contribution in [0.5, 0.6) is 0 Å². The summed E-state index contributed by atoms with van der Waals surface area (Å²) in [5, 5.41) is 0. The molecule has 0 aliphatic carbocycles. The van der Waals surface area contributed by atoms with Crippen LogP contribution in [0.2, 0.25) is 0 Å². The van der Waals surface area contributed by atoms with Gasteiger partial charge in [0.2, 0.25) is 11.2 Å². The number of hydrogen-bond donors (Lipinski definition) is 0. The molecule has 0 aromatic heterocycles. The fourth-order valence-corrected chi connectivity index (χ4v) is 9.05. The molecule has 0 aliphatic rings. The van der Waals surface area contributed by atoms with Crippen molar-refractivity contribution in [1.82, 2.24) is 0 Å². The lowest BCUT2D eigenvalue weighted by molar-refractivity contribution is -0.0692. The molecule has 194 valence electrons. The first-order chi connectivity index (χ1) is 15.4. The third-order valence-electron chi connectivity index (χ3n) is 3.58. The van der Waals surface area contributed by atoms with Crippen molar-refractivity contribution in [2.45, 2.75) is 52.8 Å². The SMILES string of the molecule is CCO[Si](COC(OC)SSC(OC)OC[Si](OCC)(OCC)OCC)(OCC)OCC. The number of methoxy groups -OCH3 is 2. The van der Waals surface area contributed by atoms with Crippen molar-refractivity contribution in [3.63, 3.8) is 0 Å². The summed E-state index contributed by atoms with van der Waals surface area (Å²) >= 11 is 0. The molecule has 2 atom stereocenters. The van der Waals surface area contributed by atoms with E-state index in [4.69, 9.17) is 45.5 Å². The van der Waals surface area contributed by atoms with Crippen LogP contribution in [0.1, 0.15) is 41.5 Å². The van der Waals surface area contributed by atoms with Crippen LogP contribution < -0.4 is 0 Å². The Morgan fingerprint density at radius 3 is 0.938 bits per heavy atom. The lowest BCUT2D eigenvalue weighted by Crippen LogP contribution is -2.51. The maximum absolute atomic E-state index is 5.90. The summed E-state index contributed by atoms with van der Waals surface area (Å²) in [6.07, 6.45) is 0.338. The van der Waals surface area contributed by atoms with Gasteiger partial charge < -0.3 is 45.5 Å². The van der Waals surface area contributed by atoms with Gasteiger partial charge in [-0.3, -0.25) is 0 Å². The van der Waals surface area contributed by atoms with E-state index >= 15 is 0 Å². The Labute approximate surface area is 203 Å². The number of ether oxygens (including phenoxy) is 4. The van der Waals surface area contributed by atoms with Crippen LogP contribution in [-0.4, -0.2) is 95.2 Å². The molecule has 0 heterocycles. The van der Waals surface area contributed by atoms with Crippen molar-refractivity contribution < 1.29 is 45.5 Å². The van der Waals surface area contributed by atoms with E-state index in [1.165, 1.54) is 21.6 Å². The predicted molar refractivity (Wildman–Crippen MR) is 130 cm³/mol. The van der Waals surface area contributed by atoms with E-state index in [-0.39, 0.29) is 12.5 Å². The average molecular weight is 539 g/mol. The maximum Gasteiger partial charge on any atom is 0.528 e. The Bertz CT molecular complexity index is 371. The van der Waals surface area contributed by atoms with E-state index in [0.717, 1.165) is 0 Å². The van der Waals surface area contributed by atoms with Gasteiger partial charge >= 0.3 is 17.6 Å². The first kappa shape index (κ1) is 32.7. The Morgan fingerprint density at radius 1 is 0.500 bits per heavy atom. The molecule has 0 rings (SSSR count). The highest BCUT2D eigenvalue weighted by molar-refractivity contribution is 8.77. The smallest absolute Gasteiger partial charge is 0.372 e. The largest absolute Gasteiger partial charge is 0.528 e. The Kier molecular flexibility index (Phi) is 20.4. The van der Waals surface area contributed by atoms with Gasteiger partial charge in [-0.25, -0.2) is 0 Å². The quantitative estimate of drug-likeness (QED) is 0.108. The van der Waals surface area contributed by atoms with Gasteiger partial charge in [-0.05, 0) is 63.1 Å². The summed E-state index contributed by atoms with van der Waals surface area (Å²) < 4.78 is 57.5. The van der Waals surface area contributed by atoms with Crippen LogP contribution in [0.25, 0.3) is 0 Å². The number of hydrogen-bond acceptors (Lipinski definition) is 12. The summed E-state index contributed by atoms with van der Waals surface area (Å²) in [5.41, 5.74) is -1.22. The second-order valence-electron chi connectivity index (χ2n) is 5.83. The summed E-state index contributed by atoms with van der Waals surface area (Å²) in [5.74, 6) is 0. The lowest BCUT2D eigenvalue weighted by Gasteiger charge is -2.30. The van der Waals surface area contributed by atoms with Crippen molar-refractivity contribution in [2.24, 2.45) is 0 Å². The van der Waals surface area contributed by atoms with E-state index in [1.54, 1.807) is 14.2 Å². The molecule has 0 radical (unpaired) electrons. The second-order valence-corrected chi connectivity index (χ2v) is 13.2. The monoisotopic (exact) mass is 538 g/mol. The second kappa shape index (κ2) is 20.0. The summed E-state index contributed by atoms with van der Waals surface area (Å²) in [7, 11) is -0.137. The summed E-state index contributed by atoms with van der Waals surface area (Å²) in [4.78, 5) is 0. The standard InChI is InChI=1S/C18H42O10S2Si2/c1-9-23-31(24-10-2,25-11-3)15-21-17(19-7)29-30-18(20-8)22-16-32(26-12-4,27-13-5)28-14-6/h17-18H,9-16H2,1-8H3. The van der Waals surface area contributed by atoms with Gasteiger partial charge in [-0.2, -0.15) is 0 Å². The van der Waals surface area contributed by atoms with E-state index in [1.807, 2.05) is 41.5 Å². The van der Waals surface area contributed by atoms with Crippen LogP contribution in [0.3, 0.4) is 0 Å². The zero-order chi connectivity index (χ0) is 24.3. The first-order valence-corrected chi connectivity index (χ1v) is 17.0. The van der Waals surface area contributed by atoms with Gasteiger partial charge in [0.15, 0.2) is 0 Å². The Balaban J connectivity index is 4.87. The van der Waals surface area contributed by atoms with Gasteiger partial charge in [0.05, 0.1) is 0 Å². The molecule has 14 heteroatoms. The van der Waals surface area contributed by atoms with E-state index in [9.17, 15) is 0 Å². The fraction of sp³-hybridized carbons (Fsp3) is 1.00. The Morgan fingerprint density at radius 2 is 0.750 bits per heavy atom. The van der Waals surface area contributed by atoms with Crippen LogP contribution in [0.15, 0.2) is 0 Å².